The smallest absolute Gasteiger partial charge is 0.219 e. The fourth-order valence-electron chi connectivity index (χ4n) is 3.28. The van der Waals surface area contributed by atoms with Gasteiger partial charge in [0, 0.05) is 25.6 Å². The number of rotatable bonds is 3. The zero-order valence-corrected chi connectivity index (χ0v) is 11.1. The molecule has 0 bridgehead atoms. The molecule has 17 heavy (non-hydrogen) atoms. The van der Waals surface area contributed by atoms with Crippen molar-refractivity contribution in [3.8, 4) is 0 Å². The highest BCUT2D eigenvalue weighted by atomic mass is 16.2. The van der Waals surface area contributed by atoms with Gasteiger partial charge in [0.2, 0.25) is 5.91 Å². The standard InChI is InChI=1S/C14H26N2O/c1-12(17)16-11-5-3-7-14(16)9-8-13-6-2-4-10-15-13/h13-15H,2-11H2,1H3/t13-,14+/m1/s1. The summed E-state index contributed by atoms with van der Waals surface area (Å²) < 4.78 is 0. The van der Waals surface area contributed by atoms with Crippen molar-refractivity contribution in [1.29, 1.82) is 0 Å². The quantitative estimate of drug-likeness (QED) is 0.818. The average Bonchev–Trinajstić information content (AvgIpc) is 2.38. The Bertz CT molecular complexity index is 249. The zero-order valence-electron chi connectivity index (χ0n) is 11.1. The third-order valence-electron chi connectivity index (χ3n) is 4.29. The van der Waals surface area contributed by atoms with Crippen molar-refractivity contribution in [3.63, 3.8) is 0 Å². The van der Waals surface area contributed by atoms with E-state index >= 15 is 0 Å². The first-order valence-electron chi connectivity index (χ1n) is 7.28. The third kappa shape index (κ3) is 3.70. The van der Waals surface area contributed by atoms with Crippen LogP contribution in [0.5, 0.6) is 0 Å². The fraction of sp³-hybridized carbons (Fsp3) is 0.929. The van der Waals surface area contributed by atoms with E-state index in [-0.39, 0.29) is 5.91 Å². The van der Waals surface area contributed by atoms with E-state index in [0.29, 0.717) is 12.1 Å². The average molecular weight is 238 g/mol. The van der Waals surface area contributed by atoms with Crippen molar-refractivity contribution in [2.75, 3.05) is 13.1 Å². The molecule has 0 spiro atoms. The Morgan fingerprint density at radius 1 is 1.18 bits per heavy atom. The number of amides is 1. The molecule has 1 N–H and O–H groups in total. The van der Waals surface area contributed by atoms with Crippen LogP contribution < -0.4 is 5.32 Å². The summed E-state index contributed by atoms with van der Waals surface area (Å²) >= 11 is 0. The highest BCUT2D eigenvalue weighted by molar-refractivity contribution is 5.73. The molecule has 0 aromatic carbocycles. The van der Waals surface area contributed by atoms with Crippen LogP contribution in [0.1, 0.15) is 58.3 Å². The molecule has 3 nitrogen and oxygen atoms in total. The molecule has 98 valence electrons. The lowest BCUT2D eigenvalue weighted by Crippen LogP contribution is -2.43. The maximum absolute atomic E-state index is 11.6. The molecule has 0 radical (unpaired) electrons. The van der Waals surface area contributed by atoms with Gasteiger partial charge in [0.05, 0.1) is 0 Å². The molecule has 0 aromatic rings. The second kappa shape index (κ2) is 6.39. The summed E-state index contributed by atoms with van der Waals surface area (Å²) in [7, 11) is 0. The summed E-state index contributed by atoms with van der Waals surface area (Å²) in [6, 6.07) is 1.23. The van der Waals surface area contributed by atoms with Gasteiger partial charge in [-0.3, -0.25) is 4.79 Å². The number of nitrogens with zero attached hydrogens (tertiary/aromatic N) is 1. The molecule has 2 rings (SSSR count). The molecular formula is C14H26N2O. The minimum Gasteiger partial charge on any atom is -0.340 e. The van der Waals surface area contributed by atoms with Crippen molar-refractivity contribution < 1.29 is 4.79 Å². The van der Waals surface area contributed by atoms with Gasteiger partial charge in [-0.15, -0.1) is 0 Å². The van der Waals surface area contributed by atoms with Crippen LogP contribution in [0.4, 0.5) is 0 Å². The topological polar surface area (TPSA) is 32.3 Å². The van der Waals surface area contributed by atoms with Crippen molar-refractivity contribution in [1.82, 2.24) is 10.2 Å². The lowest BCUT2D eigenvalue weighted by Gasteiger charge is -2.36. The minimum atomic E-state index is 0.270. The van der Waals surface area contributed by atoms with E-state index in [1.807, 2.05) is 0 Å². The molecule has 2 aliphatic rings. The molecule has 2 fully saturated rings. The van der Waals surface area contributed by atoms with Gasteiger partial charge in [0.1, 0.15) is 0 Å². The molecule has 2 aliphatic heterocycles. The number of nitrogens with one attached hydrogen (secondary N) is 1. The second-order valence-corrected chi connectivity index (χ2v) is 5.59. The first-order valence-corrected chi connectivity index (χ1v) is 7.28. The van der Waals surface area contributed by atoms with Gasteiger partial charge in [-0.25, -0.2) is 0 Å². The van der Waals surface area contributed by atoms with Crippen molar-refractivity contribution >= 4 is 5.91 Å². The molecule has 0 saturated carbocycles. The predicted octanol–water partition coefficient (Wildman–Crippen LogP) is 2.31. The SMILES string of the molecule is CC(=O)N1CCCC[C@H]1CC[C@H]1CCCCN1. The molecule has 2 saturated heterocycles. The minimum absolute atomic E-state index is 0.270. The Morgan fingerprint density at radius 3 is 2.71 bits per heavy atom. The Labute approximate surface area is 105 Å². The molecule has 0 aromatic heterocycles. The lowest BCUT2D eigenvalue weighted by molar-refractivity contribution is -0.132. The Balaban J connectivity index is 1.77. The summed E-state index contributed by atoms with van der Waals surface area (Å²) in [5.41, 5.74) is 0. The van der Waals surface area contributed by atoms with Crippen LogP contribution in [0.2, 0.25) is 0 Å². The summed E-state index contributed by atoms with van der Waals surface area (Å²) in [6.07, 6.45) is 10.2. The normalized spacial score (nSPS) is 30.3. The molecule has 2 heterocycles. The van der Waals surface area contributed by atoms with E-state index in [1.54, 1.807) is 6.92 Å². The molecule has 3 heteroatoms. The van der Waals surface area contributed by atoms with Crippen LogP contribution in [0.25, 0.3) is 0 Å². The van der Waals surface area contributed by atoms with Gasteiger partial charge >= 0.3 is 0 Å². The van der Waals surface area contributed by atoms with Crippen LogP contribution in [-0.4, -0.2) is 36.0 Å². The van der Waals surface area contributed by atoms with E-state index < -0.39 is 0 Å². The molecule has 0 aliphatic carbocycles. The number of likely N-dealkylation sites (tertiary alicyclic amines) is 1. The van der Waals surface area contributed by atoms with Crippen molar-refractivity contribution in [3.05, 3.63) is 0 Å². The Hall–Kier alpha value is -0.570. The predicted molar refractivity (Wildman–Crippen MR) is 69.9 cm³/mol. The van der Waals surface area contributed by atoms with E-state index in [1.165, 1.54) is 57.9 Å². The molecule has 0 unspecified atom stereocenters. The van der Waals surface area contributed by atoms with E-state index in [2.05, 4.69) is 10.2 Å². The monoisotopic (exact) mass is 238 g/mol. The number of hydrogen-bond acceptors (Lipinski definition) is 2. The lowest BCUT2D eigenvalue weighted by atomic mass is 9.93. The van der Waals surface area contributed by atoms with E-state index in [0.717, 1.165) is 6.54 Å². The number of piperidine rings is 2. The van der Waals surface area contributed by atoms with Gasteiger partial charge < -0.3 is 10.2 Å². The highest BCUT2D eigenvalue weighted by Gasteiger charge is 2.25. The molecular weight excluding hydrogens is 212 g/mol. The molecule has 1 amide bonds. The first kappa shape index (κ1) is 12.9. The van der Waals surface area contributed by atoms with Gasteiger partial charge in [0.15, 0.2) is 0 Å². The summed E-state index contributed by atoms with van der Waals surface area (Å²) in [4.78, 5) is 13.7. The maximum atomic E-state index is 11.6. The van der Waals surface area contributed by atoms with E-state index in [4.69, 9.17) is 0 Å². The van der Waals surface area contributed by atoms with Crippen LogP contribution in [-0.2, 0) is 4.79 Å². The number of carbonyl (C=O) groups excluding carboxylic acids is 1. The second-order valence-electron chi connectivity index (χ2n) is 5.59. The van der Waals surface area contributed by atoms with Crippen molar-refractivity contribution in [2.24, 2.45) is 0 Å². The zero-order chi connectivity index (χ0) is 12.1. The first-order chi connectivity index (χ1) is 8.27. The fourth-order valence-corrected chi connectivity index (χ4v) is 3.28. The highest BCUT2D eigenvalue weighted by Crippen LogP contribution is 2.23. The summed E-state index contributed by atoms with van der Waals surface area (Å²) in [6.45, 7) is 3.89. The number of hydrogen-bond donors (Lipinski definition) is 1. The number of carbonyl (C=O) groups is 1. The van der Waals surface area contributed by atoms with Gasteiger partial charge in [-0.1, -0.05) is 6.42 Å². The van der Waals surface area contributed by atoms with Crippen LogP contribution in [0.15, 0.2) is 0 Å². The maximum Gasteiger partial charge on any atom is 0.219 e. The van der Waals surface area contributed by atoms with Gasteiger partial charge in [-0.2, -0.15) is 0 Å². The molecule has 2 atom stereocenters. The van der Waals surface area contributed by atoms with Gasteiger partial charge in [-0.05, 0) is 51.5 Å². The van der Waals surface area contributed by atoms with Crippen LogP contribution >= 0.6 is 0 Å². The van der Waals surface area contributed by atoms with Crippen LogP contribution in [0.3, 0.4) is 0 Å². The van der Waals surface area contributed by atoms with Crippen LogP contribution in [0, 0.1) is 0 Å². The Kier molecular flexibility index (Phi) is 4.84. The third-order valence-corrected chi connectivity index (χ3v) is 4.29. The largest absolute Gasteiger partial charge is 0.340 e. The summed E-state index contributed by atoms with van der Waals surface area (Å²) in [5.74, 6) is 0.270. The van der Waals surface area contributed by atoms with Gasteiger partial charge in [0.25, 0.3) is 0 Å². The Morgan fingerprint density at radius 2 is 2.00 bits per heavy atom. The van der Waals surface area contributed by atoms with Crippen molar-refractivity contribution in [2.45, 2.75) is 70.4 Å². The summed E-state index contributed by atoms with van der Waals surface area (Å²) in [5, 5.41) is 3.60. The van der Waals surface area contributed by atoms with E-state index in [9.17, 15) is 4.79 Å².